The Balaban J connectivity index is 1.50. The summed E-state index contributed by atoms with van der Waals surface area (Å²) in [6.07, 6.45) is 3.23. The van der Waals surface area contributed by atoms with Gasteiger partial charge in [-0.2, -0.15) is 0 Å². The summed E-state index contributed by atoms with van der Waals surface area (Å²) in [6, 6.07) is 26.7. The summed E-state index contributed by atoms with van der Waals surface area (Å²) in [7, 11) is 0. The first-order valence-corrected chi connectivity index (χ1v) is 9.25. The van der Waals surface area contributed by atoms with Crippen molar-refractivity contribution in [2.75, 3.05) is 0 Å². The number of aliphatic imine (C=N–C) groups is 1. The highest BCUT2D eigenvalue weighted by molar-refractivity contribution is 6.12. The van der Waals surface area contributed by atoms with Crippen LogP contribution in [0.2, 0.25) is 0 Å². The number of hydrogen-bond acceptors (Lipinski definition) is 4. The van der Waals surface area contributed by atoms with Crippen LogP contribution in [0.15, 0.2) is 108 Å². The van der Waals surface area contributed by atoms with Gasteiger partial charge in [-0.05, 0) is 47.5 Å². The van der Waals surface area contributed by atoms with Gasteiger partial charge in [0.05, 0.1) is 0 Å². The summed E-state index contributed by atoms with van der Waals surface area (Å²) < 4.78 is 11.3. The average molecular weight is 381 g/mol. The zero-order chi connectivity index (χ0) is 20.1. The van der Waals surface area contributed by atoms with Crippen LogP contribution in [0.3, 0.4) is 0 Å². The van der Waals surface area contributed by atoms with Gasteiger partial charge in [-0.25, -0.2) is 9.79 Å². The maximum atomic E-state index is 12.1. The highest BCUT2D eigenvalue weighted by atomic mass is 16.6. The Morgan fingerprint density at radius 1 is 0.897 bits per heavy atom. The molecule has 0 saturated heterocycles. The van der Waals surface area contributed by atoms with E-state index in [1.807, 2.05) is 84.9 Å². The molecule has 0 bridgehead atoms. The summed E-state index contributed by atoms with van der Waals surface area (Å²) in [5, 5.41) is 0. The van der Waals surface area contributed by atoms with Crippen molar-refractivity contribution in [3.63, 3.8) is 0 Å². The van der Waals surface area contributed by atoms with Crippen molar-refractivity contribution in [3.05, 3.63) is 120 Å². The standard InChI is InChI=1S/C25H19NO3/c1-2-23(19-9-5-3-6-10-19)28-21-15-13-18(14-16-21)17-22-25(27)29-24(26-22)20-11-7-4-8-12-20/h2-17,23H,1H2/b22-17-. The molecule has 4 heteroatoms. The first-order chi connectivity index (χ1) is 14.2. The van der Waals surface area contributed by atoms with Gasteiger partial charge in [0.1, 0.15) is 11.9 Å². The third kappa shape index (κ3) is 4.33. The molecule has 3 aromatic rings. The summed E-state index contributed by atoms with van der Waals surface area (Å²) >= 11 is 0. The summed E-state index contributed by atoms with van der Waals surface area (Å²) in [5.41, 5.74) is 2.90. The monoisotopic (exact) mass is 381 g/mol. The molecule has 1 aliphatic rings. The van der Waals surface area contributed by atoms with Gasteiger partial charge in [-0.1, -0.05) is 67.2 Å². The van der Waals surface area contributed by atoms with E-state index >= 15 is 0 Å². The van der Waals surface area contributed by atoms with Gasteiger partial charge >= 0.3 is 5.97 Å². The molecule has 0 amide bonds. The molecule has 1 heterocycles. The molecular weight excluding hydrogens is 362 g/mol. The zero-order valence-electron chi connectivity index (χ0n) is 15.7. The second kappa shape index (κ2) is 8.40. The predicted octanol–water partition coefficient (Wildman–Crippen LogP) is 5.34. The second-order valence-corrected chi connectivity index (χ2v) is 6.46. The van der Waals surface area contributed by atoms with Crippen molar-refractivity contribution >= 4 is 17.9 Å². The van der Waals surface area contributed by atoms with E-state index in [4.69, 9.17) is 9.47 Å². The molecule has 1 unspecified atom stereocenters. The molecule has 3 aromatic carbocycles. The topological polar surface area (TPSA) is 47.9 Å². The van der Waals surface area contributed by atoms with E-state index < -0.39 is 5.97 Å². The number of carbonyl (C=O) groups excluding carboxylic acids is 1. The molecule has 142 valence electrons. The van der Waals surface area contributed by atoms with E-state index in [2.05, 4.69) is 11.6 Å². The summed E-state index contributed by atoms with van der Waals surface area (Å²) in [4.78, 5) is 16.4. The van der Waals surface area contributed by atoms with Crippen LogP contribution in [0.1, 0.15) is 22.8 Å². The fraction of sp³-hybridized carbons (Fsp3) is 0.0400. The molecule has 0 fully saturated rings. The molecule has 4 rings (SSSR count). The zero-order valence-corrected chi connectivity index (χ0v) is 15.7. The van der Waals surface area contributed by atoms with Crippen molar-refractivity contribution in [2.24, 2.45) is 4.99 Å². The molecule has 0 saturated carbocycles. The fourth-order valence-corrected chi connectivity index (χ4v) is 2.96. The van der Waals surface area contributed by atoms with Crippen LogP contribution in [-0.4, -0.2) is 11.9 Å². The smallest absolute Gasteiger partial charge is 0.363 e. The van der Waals surface area contributed by atoms with Crippen molar-refractivity contribution in [1.29, 1.82) is 0 Å². The van der Waals surface area contributed by atoms with Gasteiger partial charge in [-0.3, -0.25) is 0 Å². The van der Waals surface area contributed by atoms with Gasteiger partial charge < -0.3 is 9.47 Å². The third-order valence-corrected chi connectivity index (χ3v) is 4.43. The minimum absolute atomic E-state index is 0.233. The normalized spacial score (nSPS) is 15.5. The van der Waals surface area contributed by atoms with Crippen LogP contribution in [0.4, 0.5) is 0 Å². The Kier molecular flexibility index (Phi) is 5.34. The Morgan fingerprint density at radius 3 is 2.21 bits per heavy atom. The maximum Gasteiger partial charge on any atom is 0.363 e. The molecule has 1 atom stereocenters. The number of cyclic esters (lactones) is 1. The van der Waals surface area contributed by atoms with Crippen molar-refractivity contribution in [2.45, 2.75) is 6.10 Å². The lowest BCUT2D eigenvalue weighted by atomic mass is 10.1. The number of nitrogens with zero attached hydrogens (tertiary/aromatic N) is 1. The van der Waals surface area contributed by atoms with Crippen LogP contribution in [-0.2, 0) is 9.53 Å². The van der Waals surface area contributed by atoms with E-state index in [1.54, 1.807) is 12.2 Å². The SMILES string of the molecule is C=CC(Oc1ccc(/C=C2\N=C(c3ccccc3)OC2=O)cc1)c1ccccc1. The van der Waals surface area contributed by atoms with Crippen molar-refractivity contribution in [1.82, 2.24) is 0 Å². The fourth-order valence-electron chi connectivity index (χ4n) is 2.96. The Labute approximate surface area is 169 Å². The van der Waals surface area contributed by atoms with Crippen molar-refractivity contribution < 1.29 is 14.3 Å². The molecule has 0 N–H and O–H groups in total. The highest BCUT2D eigenvalue weighted by Crippen LogP contribution is 2.25. The van der Waals surface area contributed by atoms with Crippen molar-refractivity contribution in [3.8, 4) is 5.75 Å². The van der Waals surface area contributed by atoms with E-state index in [1.165, 1.54) is 0 Å². The van der Waals surface area contributed by atoms with Gasteiger partial charge in [-0.15, -0.1) is 0 Å². The number of carbonyl (C=O) groups is 1. The minimum atomic E-state index is -0.458. The Bertz CT molecular complexity index is 1070. The van der Waals surface area contributed by atoms with Crippen LogP contribution in [0, 0.1) is 0 Å². The van der Waals surface area contributed by atoms with Crippen LogP contribution >= 0.6 is 0 Å². The van der Waals surface area contributed by atoms with E-state index in [0.717, 1.165) is 16.7 Å². The molecular formula is C25H19NO3. The Morgan fingerprint density at radius 2 is 1.55 bits per heavy atom. The number of rotatable bonds is 6. The van der Waals surface area contributed by atoms with Crippen LogP contribution in [0.5, 0.6) is 5.75 Å². The Hall–Kier alpha value is -3.92. The van der Waals surface area contributed by atoms with E-state index in [9.17, 15) is 4.79 Å². The van der Waals surface area contributed by atoms with Crippen LogP contribution in [0.25, 0.3) is 6.08 Å². The van der Waals surface area contributed by atoms with Gasteiger partial charge in [0.25, 0.3) is 0 Å². The second-order valence-electron chi connectivity index (χ2n) is 6.46. The lowest BCUT2D eigenvalue weighted by Gasteiger charge is -2.16. The molecule has 0 radical (unpaired) electrons. The molecule has 1 aliphatic heterocycles. The quantitative estimate of drug-likeness (QED) is 0.329. The maximum absolute atomic E-state index is 12.1. The lowest BCUT2D eigenvalue weighted by Crippen LogP contribution is -2.05. The minimum Gasteiger partial charge on any atom is -0.482 e. The number of esters is 1. The predicted molar refractivity (Wildman–Crippen MR) is 113 cm³/mol. The molecule has 4 nitrogen and oxygen atoms in total. The number of benzene rings is 3. The molecule has 0 aliphatic carbocycles. The number of hydrogen-bond donors (Lipinski definition) is 0. The van der Waals surface area contributed by atoms with Gasteiger partial charge in [0, 0.05) is 5.56 Å². The molecule has 29 heavy (non-hydrogen) atoms. The van der Waals surface area contributed by atoms with Gasteiger partial charge in [0.2, 0.25) is 5.90 Å². The largest absolute Gasteiger partial charge is 0.482 e. The lowest BCUT2D eigenvalue weighted by molar-refractivity contribution is -0.129. The first-order valence-electron chi connectivity index (χ1n) is 9.25. The molecule has 0 spiro atoms. The summed E-state index contributed by atoms with van der Waals surface area (Å²) in [5.74, 6) is 0.571. The molecule has 0 aromatic heterocycles. The third-order valence-electron chi connectivity index (χ3n) is 4.43. The van der Waals surface area contributed by atoms with Gasteiger partial charge in [0.15, 0.2) is 5.70 Å². The van der Waals surface area contributed by atoms with E-state index in [0.29, 0.717) is 11.6 Å². The van der Waals surface area contributed by atoms with Crippen LogP contribution < -0.4 is 4.74 Å². The average Bonchev–Trinajstić information content (AvgIpc) is 3.14. The first kappa shape index (κ1) is 18.4. The summed E-state index contributed by atoms with van der Waals surface area (Å²) in [6.45, 7) is 3.86. The number of ether oxygens (including phenoxy) is 2. The van der Waals surface area contributed by atoms with E-state index in [-0.39, 0.29) is 11.8 Å². The highest BCUT2D eigenvalue weighted by Gasteiger charge is 2.23.